The summed E-state index contributed by atoms with van der Waals surface area (Å²) in [5.41, 5.74) is -4.03. The van der Waals surface area contributed by atoms with Crippen molar-refractivity contribution < 1.29 is 31.1 Å². The second-order valence-electron chi connectivity index (χ2n) is 7.83. The number of rotatable bonds is 6. The number of nitrogens with one attached hydrogen (secondary N) is 1. The van der Waals surface area contributed by atoms with E-state index in [1.54, 1.807) is 25.3 Å². The first-order valence-electron chi connectivity index (χ1n) is 9.70. The largest absolute Gasteiger partial charge is 0.516 e. The van der Waals surface area contributed by atoms with E-state index in [-0.39, 0.29) is 11.8 Å². The van der Waals surface area contributed by atoms with Gasteiger partial charge in [-0.1, -0.05) is 18.2 Å². The van der Waals surface area contributed by atoms with E-state index >= 15 is 0 Å². The Morgan fingerprint density at radius 1 is 0.967 bits per heavy atom. The summed E-state index contributed by atoms with van der Waals surface area (Å²) in [5, 5.41) is 0. The van der Waals surface area contributed by atoms with Gasteiger partial charge >= 0.3 is 15.5 Å². The van der Waals surface area contributed by atoms with Crippen LogP contribution in [0.15, 0.2) is 42.5 Å². The summed E-state index contributed by atoms with van der Waals surface area (Å²) < 4.78 is 73.3. The SMILES string of the molecule is COc1ccc(-c2ccc(NS(=O)(=O)C(F)(F)F)cc2)cc1OC1CC2CCC1C2. The second kappa shape index (κ2) is 7.68. The molecule has 162 valence electrons. The van der Waals surface area contributed by atoms with Crippen LogP contribution in [0.5, 0.6) is 11.5 Å². The Bertz CT molecular complexity index is 1020. The van der Waals surface area contributed by atoms with E-state index in [4.69, 9.17) is 9.47 Å². The van der Waals surface area contributed by atoms with Crippen LogP contribution in [0.3, 0.4) is 0 Å². The third kappa shape index (κ3) is 4.08. The van der Waals surface area contributed by atoms with Crippen LogP contribution < -0.4 is 14.2 Å². The summed E-state index contributed by atoms with van der Waals surface area (Å²) in [6, 6.07) is 11.1. The van der Waals surface area contributed by atoms with Gasteiger partial charge in [0.2, 0.25) is 0 Å². The molecule has 2 aromatic rings. The Balaban J connectivity index is 1.54. The van der Waals surface area contributed by atoms with Crippen LogP contribution in [0.2, 0.25) is 0 Å². The lowest BCUT2D eigenvalue weighted by atomic mass is 9.97. The summed E-state index contributed by atoms with van der Waals surface area (Å²) in [6.45, 7) is 0. The number of ether oxygens (including phenoxy) is 2. The van der Waals surface area contributed by atoms with Crippen LogP contribution in [0.25, 0.3) is 11.1 Å². The Morgan fingerprint density at radius 3 is 2.23 bits per heavy atom. The quantitative estimate of drug-likeness (QED) is 0.670. The summed E-state index contributed by atoms with van der Waals surface area (Å²) in [5.74, 6) is 2.57. The van der Waals surface area contributed by atoms with E-state index < -0.39 is 15.5 Å². The first-order chi connectivity index (χ1) is 14.2. The minimum absolute atomic E-state index is 0.164. The number of halogens is 3. The van der Waals surface area contributed by atoms with Gasteiger partial charge in [0.05, 0.1) is 7.11 Å². The highest BCUT2D eigenvalue weighted by molar-refractivity contribution is 7.93. The lowest BCUT2D eigenvalue weighted by Crippen LogP contribution is -2.29. The van der Waals surface area contributed by atoms with Crippen molar-refractivity contribution in [3.63, 3.8) is 0 Å². The van der Waals surface area contributed by atoms with Gasteiger partial charge in [0.1, 0.15) is 6.10 Å². The van der Waals surface area contributed by atoms with Crippen molar-refractivity contribution in [1.29, 1.82) is 0 Å². The molecule has 4 rings (SSSR count). The molecule has 2 bridgehead atoms. The zero-order chi connectivity index (χ0) is 21.5. The molecule has 5 nitrogen and oxygen atoms in total. The number of anilines is 1. The van der Waals surface area contributed by atoms with E-state index in [1.807, 2.05) is 12.1 Å². The van der Waals surface area contributed by atoms with E-state index in [0.29, 0.717) is 23.0 Å². The maximum absolute atomic E-state index is 12.5. The standard InChI is InChI=1S/C21H22F3NO4S/c1-28-18-9-6-15(12-20(18)29-19-11-13-2-3-16(19)10-13)14-4-7-17(8-5-14)25-30(26,27)21(22,23)24/h4-9,12-13,16,19,25H,2-3,10-11H2,1H3. The van der Waals surface area contributed by atoms with Gasteiger partial charge in [0, 0.05) is 5.69 Å². The van der Waals surface area contributed by atoms with Gasteiger partial charge in [-0.3, -0.25) is 4.72 Å². The molecule has 2 fully saturated rings. The summed E-state index contributed by atoms with van der Waals surface area (Å²) in [6.07, 6.45) is 4.89. The van der Waals surface area contributed by atoms with Gasteiger partial charge in [0.25, 0.3) is 0 Å². The Labute approximate surface area is 173 Å². The molecular weight excluding hydrogens is 419 g/mol. The highest BCUT2D eigenvalue weighted by atomic mass is 32.2. The molecule has 9 heteroatoms. The van der Waals surface area contributed by atoms with Crippen molar-refractivity contribution in [2.45, 2.75) is 37.3 Å². The highest BCUT2D eigenvalue weighted by Crippen LogP contribution is 2.47. The molecule has 1 N–H and O–H groups in total. The molecule has 2 aliphatic rings. The monoisotopic (exact) mass is 441 g/mol. The topological polar surface area (TPSA) is 64.6 Å². The van der Waals surface area contributed by atoms with Gasteiger partial charge < -0.3 is 9.47 Å². The molecule has 0 amide bonds. The molecule has 0 radical (unpaired) electrons. The maximum atomic E-state index is 12.5. The van der Waals surface area contributed by atoms with E-state index in [1.165, 1.54) is 36.1 Å². The molecule has 0 aliphatic heterocycles. The molecule has 0 aromatic heterocycles. The molecule has 2 aromatic carbocycles. The predicted molar refractivity (Wildman–Crippen MR) is 107 cm³/mol. The number of hydrogen-bond donors (Lipinski definition) is 1. The minimum Gasteiger partial charge on any atom is -0.493 e. The second-order valence-corrected chi connectivity index (χ2v) is 9.50. The van der Waals surface area contributed by atoms with Crippen LogP contribution in [0, 0.1) is 11.8 Å². The number of benzene rings is 2. The first kappa shape index (κ1) is 20.8. The number of methoxy groups -OCH3 is 1. The Morgan fingerprint density at radius 2 is 1.67 bits per heavy atom. The number of fused-ring (bicyclic) bond motifs is 2. The average molecular weight is 441 g/mol. The fourth-order valence-electron chi connectivity index (χ4n) is 4.39. The smallest absolute Gasteiger partial charge is 0.493 e. The summed E-state index contributed by atoms with van der Waals surface area (Å²) in [7, 11) is -3.87. The van der Waals surface area contributed by atoms with E-state index in [0.717, 1.165) is 17.9 Å². The summed E-state index contributed by atoms with van der Waals surface area (Å²) in [4.78, 5) is 0. The zero-order valence-electron chi connectivity index (χ0n) is 16.3. The molecule has 3 atom stereocenters. The van der Waals surface area contributed by atoms with Gasteiger partial charge in [-0.15, -0.1) is 0 Å². The fraction of sp³-hybridized carbons (Fsp3) is 0.429. The number of alkyl halides is 3. The number of sulfonamides is 1. The van der Waals surface area contributed by atoms with Gasteiger partial charge in [-0.2, -0.15) is 21.6 Å². The third-order valence-corrected chi connectivity index (χ3v) is 7.00. The van der Waals surface area contributed by atoms with Crippen molar-refractivity contribution >= 4 is 15.7 Å². The van der Waals surface area contributed by atoms with Crippen molar-refractivity contribution in [1.82, 2.24) is 0 Å². The molecular formula is C21H22F3NO4S. The van der Waals surface area contributed by atoms with Crippen LogP contribution in [-0.4, -0.2) is 27.1 Å². The first-order valence-corrected chi connectivity index (χ1v) is 11.2. The van der Waals surface area contributed by atoms with E-state index in [9.17, 15) is 21.6 Å². The fourth-order valence-corrected chi connectivity index (χ4v) is 4.95. The third-order valence-electron chi connectivity index (χ3n) is 5.89. The zero-order valence-corrected chi connectivity index (χ0v) is 17.1. The van der Waals surface area contributed by atoms with Crippen molar-refractivity contribution in [2.75, 3.05) is 11.8 Å². The van der Waals surface area contributed by atoms with Crippen molar-refractivity contribution in [3.05, 3.63) is 42.5 Å². The van der Waals surface area contributed by atoms with Crippen LogP contribution in [0.1, 0.15) is 25.7 Å². The normalized spacial score (nSPS) is 23.4. The number of hydrogen-bond acceptors (Lipinski definition) is 4. The molecule has 3 unspecified atom stereocenters. The molecule has 0 saturated heterocycles. The highest BCUT2D eigenvalue weighted by Gasteiger charge is 2.46. The maximum Gasteiger partial charge on any atom is 0.516 e. The molecule has 2 aliphatic carbocycles. The van der Waals surface area contributed by atoms with Gasteiger partial charge in [-0.05, 0) is 72.9 Å². The molecule has 2 saturated carbocycles. The summed E-state index contributed by atoms with van der Waals surface area (Å²) >= 11 is 0. The van der Waals surface area contributed by atoms with Crippen LogP contribution in [0.4, 0.5) is 18.9 Å². The van der Waals surface area contributed by atoms with Gasteiger partial charge in [0.15, 0.2) is 11.5 Å². The molecule has 0 spiro atoms. The lowest BCUT2D eigenvalue weighted by Gasteiger charge is -2.24. The molecule has 0 heterocycles. The van der Waals surface area contributed by atoms with E-state index in [2.05, 4.69) is 0 Å². The average Bonchev–Trinajstić information content (AvgIpc) is 3.30. The van der Waals surface area contributed by atoms with Crippen molar-refractivity contribution in [3.8, 4) is 22.6 Å². The van der Waals surface area contributed by atoms with Gasteiger partial charge in [-0.25, -0.2) is 0 Å². The van der Waals surface area contributed by atoms with Crippen molar-refractivity contribution in [2.24, 2.45) is 11.8 Å². The van der Waals surface area contributed by atoms with Crippen LogP contribution >= 0.6 is 0 Å². The Hall–Kier alpha value is -2.42. The minimum atomic E-state index is -5.45. The Kier molecular flexibility index (Phi) is 5.34. The molecule has 30 heavy (non-hydrogen) atoms. The lowest BCUT2D eigenvalue weighted by molar-refractivity contribution is -0.0429. The van der Waals surface area contributed by atoms with Crippen LogP contribution in [-0.2, 0) is 10.0 Å². The predicted octanol–water partition coefficient (Wildman–Crippen LogP) is 5.19.